The Kier molecular flexibility index (Phi) is 4.47. The normalized spacial score (nSPS) is 17.6. The number of aromatic hydroxyl groups is 1. The Bertz CT molecular complexity index is 1230. The van der Waals surface area contributed by atoms with Crippen LogP contribution in [-0.2, 0) is 10.0 Å². The summed E-state index contributed by atoms with van der Waals surface area (Å²) in [6, 6.07) is 6.94. The summed E-state index contributed by atoms with van der Waals surface area (Å²) in [5, 5.41) is 25.2. The van der Waals surface area contributed by atoms with Crippen LogP contribution in [0.1, 0.15) is 5.69 Å². The second-order valence-electron chi connectivity index (χ2n) is 6.28. The fourth-order valence-electron chi connectivity index (χ4n) is 2.74. The van der Waals surface area contributed by atoms with E-state index < -0.39 is 20.9 Å². The van der Waals surface area contributed by atoms with Gasteiger partial charge in [-0.1, -0.05) is 6.07 Å². The van der Waals surface area contributed by atoms with Crippen LogP contribution in [-0.4, -0.2) is 39.9 Å². The highest BCUT2D eigenvalue weighted by Gasteiger charge is 2.18. The van der Waals surface area contributed by atoms with E-state index in [0.29, 0.717) is 33.4 Å². The van der Waals surface area contributed by atoms with Crippen LogP contribution in [0.3, 0.4) is 0 Å². The van der Waals surface area contributed by atoms with Crippen LogP contribution in [0.15, 0.2) is 52.0 Å². The number of rotatable bonds is 5. The lowest BCUT2D eigenvalue weighted by molar-refractivity contribution is 0.480. The van der Waals surface area contributed by atoms with E-state index in [1.807, 2.05) is 24.5 Å². The lowest BCUT2D eigenvalue weighted by Crippen LogP contribution is -2.19. The molecule has 1 aromatic carbocycles. The fraction of sp³-hybridized carbons (Fsp3) is 0.118. The number of thiol groups is 1. The van der Waals surface area contributed by atoms with Crippen LogP contribution in [0.25, 0.3) is 10.9 Å². The summed E-state index contributed by atoms with van der Waals surface area (Å²) in [4.78, 5) is 9.16. The summed E-state index contributed by atoms with van der Waals surface area (Å²) in [6.07, 6.45) is 2.79. The van der Waals surface area contributed by atoms with E-state index in [2.05, 4.69) is 30.2 Å². The number of sulfonamides is 1. The minimum atomic E-state index is -3.36. The van der Waals surface area contributed by atoms with Gasteiger partial charge < -0.3 is 10.4 Å². The lowest BCUT2D eigenvalue weighted by atomic mass is 10.2. The third-order valence-corrected chi connectivity index (χ3v) is 6.17. The number of benzene rings is 1. The number of H-pyrrole nitrogens is 1. The van der Waals surface area contributed by atoms with Gasteiger partial charge in [0.2, 0.25) is 10.0 Å². The van der Waals surface area contributed by atoms with E-state index >= 15 is 0 Å². The molecule has 9 nitrogen and oxygen atoms in total. The van der Waals surface area contributed by atoms with E-state index in [1.165, 1.54) is 0 Å². The predicted octanol–water partition coefficient (Wildman–Crippen LogP) is 2.39. The number of aromatic amines is 1. The van der Waals surface area contributed by atoms with Crippen molar-refractivity contribution >= 4 is 43.5 Å². The van der Waals surface area contributed by atoms with Crippen molar-refractivity contribution in [1.29, 1.82) is 0 Å². The second kappa shape index (κ2) is 6.84. The zero-order valence-electron chi connectivity index (χ0n) is 15.0. The molecular formula is C17H18N6O3S2. The molecule has 0 saturated heterocycles. The molecule has 0 bridgehead atoms. The van der Waals surface area contributed by atoms with Crippen molar-refractivity contribution in [2.75, 3.05) is 11.6 Å². The smallest absolute Gasteiger partial charge is 0.229 e. The van der Waals surface area contributed by atoms with Crippen LogP contribution < -0.4 is 10.0 Å². The van der Waals surface area contributed by atoms with E-state index in [0.717, 1.165) is 11.9 Å². The molecule has 1 atom stereocenters. The maximum atomic E-state index is 11.4. The molecule has 4 rings (SSSR count). The van der Waals surface area contributed by atoms with Crippen molar-refractivity contribution in [3.05, 3.63) is 52.5 Å². The first-order valence-corrected chi connectivity index (χ1v) is 11.6. The fourth-order valence-corrected chi connectivity index (χ4v) is 4.92. The molecule has 28 heavy (non-hydrogen) atoms. The summed E-state index contributed by atoms with van der Waals surface area (Å²) < 4.78 is 25.3. The molecule has 0 amide bonds. The standard InChI is InChI=1S/C17H18N6O3S2/c1-10-8-14(22-21-10)18-16-12-4-3-5-13(24)15(12)19-17(20-16)27-7-6-11(9-27)23-28(2,25)26/h3-9,23-24,27H,1-2H3,(H2,18,19,20,21,22). The minimum absolute atomic E-state index is 0.0432. The van der Waals surface area contributed by atoms with Gasteiger partial charge in [0, 0.05) is 11.5 Å². The van der Waals surface area contributed by atoms with Gasteiger partial charge in [0.25, 0.3) is 0 Å². The average molecular weight is 419 g/mol. The molecule has 0 aliphatic carbocycles. The highest BCUT2D eigenvalue weighted by molar-refractivity contribution is 8.22. The van der Waals surface area contributed by atoms with Gasteiger partial charge in [0.1, 0.15) is 22.9 Å². The molecule has 0 fully saturated rings. The molecule has 0 saturated carbocycles. The van der Waals surface area contributed by atoms with Gasteiger partial charge in [-0.15, -0.1) is 10.9 Å². The number of hydrogen-bond acceptors (Lipinski definition) is 7. The van der Waals surface area contributed by atoms with Crippen molar-refractivity contribution in [1.82, 2.24) is 24.9 Å². The molecule has 146 valence electrons. The molecule has 11 heteroatoms. The third kappa shape index (κ3) is 3.80. The number of phenols is 1. The first-order chi connectivity index (χ1) is 13.3. The minimum Gasteiger partial charge on any atom is -0.506 e. The Morgan fingerprint density at radius 3 is 2.79 bits per heavy atom. The Morgan fingerprint density at radius 2 is 2.07 bits per heavy atom. The summed E-state index contributed by atoms with van der Waals surface area (Å²) in [6.45, 7) is 1.87. The summed E-state index contributed by atoms with van der Waals surface area (Å²) in [5.74, 6) is 1.23. The van der Waals surface area contributed by atoms with Crippen LogP contribution in [0.4, 0.5) is 11.6 Å². The van der Waals surface area contributed by atoms with Crippen LogP contribution in [0, 0.1) is 6.92 Å². The van der Waals surface area contributed by atoms with Crippen LogP contribution in [0.2, 0.25) is 0 Å². The van der Waals surface area contributed by atoms with Crippen LogP contribution >= 0.6 is 10.9 Å². The quantitative estimate of drug-likeness (QED) is 0.317. The molecule has 0 spiro atoms. The van der Waals surface area contributed by atoms with Gasteiger partial charge in [-0.2, -0.15) is 5.10 Å². The maximum Gasteiger partial charge on any atom is 0.229 e. The van der Waals surface area contributed by atoms with Gasteiger partial charge in [-0.3, -0.25) is 9.82 Å². The average Bonchev–Trinajstić information content (AvgIpc) is 3.23. The van der Waals surface area contributed by atoms with Gasteiger partial charge >= 0.3 is 0 Å². The second-order valence-corrected chi connectivity index (χ2v) is 9.79. The number of hydrogen-bond donors (Lipinski definition) is 5. The van der Waals surface area contributed by atoms with Gasteiger partial charge in [-0.05, 0) is 35.9 Å². The number of nitrogens with zero attached hydrogens (tertiary/aromatic N) is 3. The molecule has 0 radical (unpaired) electrons. The zero-order chi connectivity index (χ0) is 19.9. The summed E-state index contributed by atoms with van der Waals surface area (Å²) in [7, 11) is -4.44. The number of phenolic OH excluding ortho intramolecular Hbond substituents is 1. The van der Waals surface area contributed by atoms with E-state index in [1.54, 1.807) is 23.6 Å². The van der Waals surface area contributed by atoms with Gasteiger partial charge in [0.05, 0.1) is 17.6 Å². The molecular weight excluding hydrogens is 400 g/mol. The number of aromatic nitrogens is 4. The molecule has 3 heterocycles. The number of fused-ring (bicyclic) bond motifs is 1. The first-order valence-electron chi connectivity index (χ1n) is 8.23. The first kappa shape index (κ1) is 18.3. The van der Waals surface area contributed by atoms with E-state index in [9.17, 15) is 13.5 Å². The summed E-state index contributed by atoms with van der Waals surface area (Å²) in [5.41, 5.74) is 1.72. The van der Waals surface area contributed by atoms with Gasteiger partial charge in [0.15, 0.2) is 5.16 Å². The molecule has 4 N–H and O–H groups in total. The van der Waals surface area contributed by atoms with E-state index in [-0.39, 0.29) is 5.75 Å². The lowest BCUT2D eigenvalue weighted by Gasteiger charge is -2.14. The maximum absolute atomic E-state index is 11.4. The predicted molar refractivity (Wildman–Crippen MR) is 110 cm³/mol. The van der Waals surface area contributed by atoms with E-state index in [4.69, 9.17) is 0 Å². The Hall–Kier alpha value is -3.05. The molecule has 3 aromatic rings. The monoisotopic (exact) mass is 418 g/mol. The SMILES string of the molecule is Cc1cc(Nc2nc([SH]3C=CC(NS(C)(=O)=O)=C3)nc3c(O)cccc23)[nH]n1. The molecule has 1 aliphatic rings. The molecule has 2 aromatic heterocycles. The van der Waals surface area contributed by atoms with Crippen molar-refractivity contribution < 1.29 is 13.5 Å². The number of aryl methyl sites for hydroxylation is 1. The zero-order valence-corrected chi connectivity index (χ0v) is 16.7. The summed E-state index contributed by atoms with van der Waals surface area (Å²) >= 11 is 0. The Balaban J connectivity index is 1.77. The molecule has 1 aliphatic heterocycles. The topological polar surface area (TPSA) is 133 Å². The third-order valence-electron chi connectivity index (χ3n) is 3.88. The van der Waals surface area contributed by atoms with Gasteiger partial charge in [-0.25, -0.2) is 18.4 Å². The number of nitrogens with one attached hydrogen (secondary N) is 3. The van der Waals surface area contributed by atoms with Crippen molar-refractivity contribution in [2.45, 2.75) is 12.1 Å². The number of allylic oxidation sites excluding steroid dienone is 1. The Labute approximate surface area is 164 Å². The largest absolute Gasteiger partial charge is 0.506 e. The highest BCUT2D eigenvalue weighted by atomic mass is 32.2. The van der Waals surface area contributed by atoms with Crippen molar-refractivity contribution in [3.8, 4) is 5.75 Å². The Morgan fingerprint density at radius 1 is 1.25 bits per heavy atom. The van der Waals surface area contributed by atoms with Crippen LogP contribution in [0.5, 0.6) is 5.75 Å². The molecule has 1 unspecified atom stereocenters. The van der Waals surface area contributed by atoms with Crippen molar-refractivity contribution in [2.24, 2.45) is 0 Å². The number of anilines is 2. The number of para-hydroxylation sites is 1. The van der Waals surface area contributed by atoms with Crippen molar-refractivity contribution in [3.63, 3.8) is 0 Å². The highest BCUT2D eigenvalue weighted by Crippen LogP contribution is 2.43.